The highest BCUT2D eigenvalue weighted by molar-refractivity contribution is 9.10. The molecule has 0 spiro atoms. The molecule has 20 heavy (non-hydrogen) atoms. The van der Waals surface area contributed by atoms with E-state index in [1.807, 2.05) is 17.9 Å². The fraction of sp³-hybridized carbons (Fsp3) is 0.562. The number of hydrogen-bond acceptors (Lipinski definition) is 2. The van der Waals surface area contributed by atoms with E-state index in [-0.39, 0.29) is 5.91 Å². The average molecular weight is 339 g/mol. The summed E-state index contributed by atoms with van der Waals surface area (Å²) >= 11 is 3.50. The van der Waals surface area contributed by atoms with Crippen molar-refractivity contribution in [1.82, 2.24) is 10.2 Å². The lowest BCUT2D eigenvalue weighted by atomic mass is 9.93. The molecule has 1 aliphatic heterocycles. The van der Waals surface area contributed by atoms with Crippen LogP contribution < -0.4 is 5.32 Å². The zero-order valence-corrected chi connectivity index (χ0v) is 13.8. The molecule has 0 unspecified atom stereocenters. The Kier molecular flexibility index (Phi) is 5.61. The van der Waals surface area contributed by atoms with E-state index in [4.69, 9.17) is 0 Å². The molecule has 2 rings (SSSR count). The van der Waals surface area contributed by atoms with Crippen LogP contribution in [0.25, 0.3) is 0 Å². The summed E-state index contributed by atoms with van der Waals surface area (Å²) in [6, 6.07) is 8.88. The van der Waals surface area contributed by atoms with Gasteiger partial charge in [-0.25, -0.2) is 0 Å². The van der Waals surface area contributed by atoms with Crippen molar-refractivity contribution in [2.45, 2.75) is 39.3 Å². The topological polar surface area (TPSA) is 32.3 Å². The summed E-state index contributed by atoms with van der Waals surface area (Å²) in [4.78, 5) is 13.7. The Bertz CT molecular complexity index is 464. The number of piperidine rings is 1. The largest absolute Gasteiger partial charge is 0.342 e. The van der Waals surface area contributed by atoms with E-state index in [1.165, 1.54) is 5.56 Å². The van der Waals surface area contributed by atoms with E-state index in [1.54, 1.807) is 0 Å². The third-order valence-electron chi connectivity index (χ3n) is 4.02. The second kappa shape index (κ2) is 7.23. The Balaban J connectivity index is 1.84. The molecule has 0 aliphatic carbocycles. The normalized spacial score (nSPS) is 22.9. The predicted molar refractivity (Wildman–Crippen MR) is 85.4 cm³/mol. The summed E-state index contributed by atoms with van der Waals surface area (Å²) < 4.78 is 1.12. The van der Waals surface area contributed by atoms with Crippen LogP contribution in [0.5, 0.6) is 0 Å². The lowest BCUT2D eigenvalue weighted by molar-refractivity contribution is -0.132. The first kappa shape index (κ1) is 15.5. The third kappa shape index (κ3) is 4.06. The van der Waals surface area contributed by atoms with Crippen LogP contribution in [0.15, 0.2) is 28.7 Å². The molecule has 110 valence electrons. The lowest BCUT2D eigenvalue weighted by Gasteiger charge is -2.37. The van der Waals surface area contributed by atoms with Gasteiger partial charge in [0.05, 0.1) is 0 Å². The Morgan fingerprint density at radius 2 is 2.30 bits per heavy atom. The van der Waals surface area contributed by atoms with Crippen molar-refractivity contribution < 1.29 is 4.79 Å². The maximum Gasteiger partial charge on any atom is 0.222 e. The van der Waals surface area contributed by atoms with E-state index < -0.39 is 0 Å². The van der Waals surface area contributed by atoms with Gasteiger partial charge >= 0.3 is 0 Å². The van der Waals surface area contributed by atoms with Gasteiger partial charge in [0.15, 0.2) is 0 Å². The minimum absolute atomic E-state index is 0.280. The van der Waals surface area contributed by atoms with Crippen molar-refractivity contribution in [2.75, 3.05) is 13.1 Å². The standard InChI is InChI=1S/C16H23BrN2O/c1-3-16(20)19-8-7-15(12(2)11-19)18-10-13-5-4-6-14(17)9-13/h4-6,9,12,15,18H,3,7-8,10-11H2,1-2H3/t12-,15-/m0/s1. The van der Waals surface area contributed by atoms with Gasteiger partial charge in [-0.2, -0.15) is 0 Å². The van der Waals surface area contributed by atoms with Crippen LogP contribution in [0, 0.1) is 5.92 Å². The van der Waals surface area contributed by atoms with Gasteiger partial charge in [-0.05, 0) is 30.0 Å². The molecule has 1 heterocycles. The first-order valence-electron chi connectivity index (χ1n) is 7.35. The minimum Gasteiger partial charge on any atom is -0.342 e. The third-order valence-corrected chi connectivity index (χ3v) is 4.51. The van der Waals surface area contributed by atoms with Crippen LogP contribution in [0.2, 0.25) is 0 Å². The SMILES string of the molecule is CCC(=O)N1CC[C@H](NCc2cccc(Br)c2)[C@@H](C)C1. The van der Waals surface area contributed by atoms with Crippen LogP contribution in [0.3, 0.4) is 0 Å². The molecule has 0 aromatic heterocycles. The van der Waals surface area contributed by atoms with Crippen LogP contribution >= 0.6 is 15.9 Å². The van der Waals surface area contributed by atoms with Crippen molar-refractivity contribution in [3.05, 3.63) is 34.3 Å². The summed E-state index contributed by atoms with van der Waals surface area (Å²) in [5, 5.41) is 3.63. The number of nitrogens with zero attached hydrogens (tertiary/aromatic N) is 1. The molecule has 1 aromatic carbocycles. The van der Waals surface area contributed by atoms with Crippen LogP contribution in [-0.2, 0) is 11.3 Å². The average Bonchev–Trinajstić information content (AvgIpc) is 2.45. The number of rotatable bonds is 4. The van der Waals surface area contributed by atoms with Gasteiger partial charge in [-0.1, -0.05) is 41.9 Å². The molecular formula is C16H23BrN2O. The van der Waals surface area contributed by atoms with E-state index in [9.17, 15) is 4.79 Å². The van der Waals surface area contributed by atoms with Gasteiger partial charge < -0.3 is 10.2 Å². The second-order valence-corrected chi connectivity index (χ2v) is 6.49. The molecule has 0 saturated carbocycles. The molecule has 4 heteroatoms. The number of halogens is 1. The Morgan fingerprint density at radius 1 is 1.50 bits per heavy atom. The summed E-state index contributed by atoms with van der Waals surface area (Å²) in [6.45, 7) is 6.81. The molecule has 0 bridgehead atoms. The van der Waals surface area contributed by atoms with Gasteiger partial charge in [0, 0.05) is 36.6 Å². The Hall–Kier alpha value is -0.870. The van der Waals surface area contributed by atoms with E-state index in [0.29, 0.717) is 18.4 Å². The van der Waals surface area contributed by atoms with Crippen molar-refractivity contribution >= 4 is 21.8 Å². The smallest absolute Gasteiger partial charge is 0.222 e. The Labute approximate surface area is 129 Å². The maximum atomic E-state index is 11.7. The zero-order chi connectivity index (χ0) is 14.5. The number of amides is 1. The van der Waals surface area contributed by atoms with Gasteiger partial charge in [0.1, 0.15) is 0 Å². The first-order valence-corrected chi connectivity index (χ1v) is 8.15. The molecule has 2 atom stereocenters. The summed E-state index contributed by atoms with van der Waals surface area (Å²) in [6.07, 6.45) is 1.66. The van der Waals surface area contributed by atoms with Gasteiger partial charge in [0.25, 0.3) is 0 Å². The van der Waals surface area contributed by atoms with E-state index >= 15 is 0 Å². The molecule has 0 radical (unpaired) electrons. The summed E-state index contributed by atoms with van der Waals surface area (Å²) in [5.41, 5.74) is 1.29. The highest BCUT2D eigenvalue weighted by atomic mass is 79.9. The molecule has 1 saturated heterocycles. The number of likely N-dealkylation sites (tertiary alicyclic amines) is 1. The van der Waals surface area contributed by atoms with Gasteiger partial charge in [0.2, 0.25) is 5.91 Å². The first-order chi connectivity index (χ1) is 9.60. The van der Waals surface area contributed by atoms with E-state index in [0.717, 1.165) is 30.5 Å². The number of carbonyl (C=O) groups is 1. The van der Waals surface area contributed by atoms with Crippen molar-refractivity contribution in [1.29, 1.82) is 0 Å². The van der Waals surface area contributed by atoms with E-state index in [2.05, 4.69) is 46.4 Å². The predicted octanol–water partition coefficient (Wildman–Crippen LogP) is 3.19. The quantitative estimate of drug-likeness (QED) is 0.914. The molecule has 1 aliphatic rings. The molecule has 1 fully saturated rings. The molecular weight excluding hydrogens is 316 g/mol. The summed E-state index contributed by atoms with van der Waals surface area (Å²) in [7, 11) is 0. The Morgan fingerprint density at radius 3 is 2.95 bits per heavy atom. The fourth-order valence-corrected chi connectivity index (χ4v) is 3.24. The highest BCUT2D eigenvalue weighted by Crippen LogP contribution is 2.18. The van der Waals surface area contributed by atoms with Gasteiger partial charge in [-0.3, -0.25) is 4.79 Å². The molecule has 1 aromatic rings. The summed E-state index contributed by atoms with van der Waals surface area (Å²) in [5.74, 6) is 0.786. The zero-order valence-electron chi connectivity index (χ0n) is 12.2. The number of nitrogens with one attached hydrogen (secondary N) is 1. The maximum absolute atomic E-state index is 11.7. The van der Waals surface area contributed by atoms with Crippen molar-refractivity contribution in [2.24, 2.45) is 5.92 Å². The van der Waals surface area contributed by atoms with Crippen molar-refractivity contribution in [3.63, 3.8) is 0 Å². The fourth-order valence-electron chi connectivity index (χ4n) is 2.79. The number of benzene rings is 1. The van der Waals surface area contributed by atoms with Gasteiger partial charge in [-0.15, -0.1) is 0 Å². The molecule has 3 nitrogen and oxygen atoms in total. The number of hydrogen-bond donors (Lipinski definition) is 1. The van der Waals surface area contributed by atoms with Crippen LogP contribution in [-0.4, -0.2) is 29.9 Å². The lowest BCUT2D eigenvalue weighted by Crippen LogP contribution is -2.49. The van der Waals surface area contributed by atoms with Crippen LogP contribution in [0.4, 0.5) is 0 Å². The molecule has 1 N–H and O–H groups in total. The molecule has 1 amide bonds. The van der Waals surface area contributed by atoms with Crippen molar-refractivity contribution in [3.8, 4) is 0 Å². The second-order valence-electron chi connectivity index (χ2n) is 5.58. The monoisotopic (exact) mass is 338 g/mol. The minimum atomic E-state index is 0.280. The highest BCUT2D eigenvalue weighted by Gasteiger charge is 2.27. The van der Waals surface area contributed by atoms with Crippen LogP contribution in [0.1, 0.15) is 32.3 Å². The number of carbonyl (C=O) groups excluding carboxylic acids is 1.